The van der Waals surface area contributed by atoms with E-state index in [1.807, 2.05) is 13.8 Å². The van der Waals surface area contributed by atoms with Crippen LogP contribution >= 0.6 is 0 Å². The number of hydrogen-bond acceptors (Lipinski definition) is 2. The molecule has 0 saturated carbocycles. The van der Waals surface area contributed by atoms with Crippen LogP contribution in [0.15, 0.2) is 18.2 Å². The first kappa shape index (κ1) is 13.6. The molecule has 1 amide bonds. The molecule has 17 heavy (non-hydrogen) atoms. The van der Waals surface area contributed by atoms with E-state index in [0.717, 1.165) is 0 Å². The van der Waals surface area contributed by atoms with E-state index in [2.05, 4.69) is 5.32 Å². The lowest BCUT2D eigenvalue weighted by Crippen LogP contribution is -2.40. The summed E-state index contributed by atoms with van der Waals surface area (Å²) in [6, 6.07) is 4.65. The number of benzene rings is 1. The summed E-state index contributed by atoms with van der Waals surface area (Å²) >= 11 is 0. The molecule has 3 nitrogen and oxygen atoms in total. The molecule has 0 spiro atoms. The highest BCUT2D eigenvalue weighted by Gasteiger charge is 2.14. The largest absolute Gasteiger partial charge is 0.350 e. The van der Waals surface area contributed by atoms with E-state index < -0.39 is 11.7 Å². The topological polar surface area (TPSA) is 55.1 Å². The highest BCUT2D eigenvalue weighted by molar-refractivity contribution is 5.94. The van der Waals surface area contributed by atoms with Crippen molar-refractivity contribution in [2.45, 2.75) is 26.8 Å². The van der Waals surface area contributed by atoms with Crippen LogP contribution < -0.4 is 11.1 Å². The van der Waals surface area contributed by atoms with Gasteiger partial charge in [-0.1, -0.05) is 26.0 Å². The molecule has 1 aromatic rings. The average molecular weight is 238 g/mol. The van der Waals surface area contributed by atoms with Crippen molar-refractivity contribution in [1.82, 2.24) is 5.32 Å². The van der Waals surface area contributed by atoms with Crippen molar-refractivity contribution in [3.8, 4) is 0 Å². The van der Waals surface area contributed by atoms with Crippen molar-refractivity contribution in [2.75, 3.05) is 6.54 Å². The summed E-state index contributed by atoms with van der Waals surface area (Å²) in [5.41, 5.74) is 6.34. The SMILES string of the molecule is Cc1cccc(C(=O)NCC(N)C(C)C)c1F. The van der Waals surface area contributed by atoms with Gasteiger partial charge >= 0.3 is 0 Å². The number of nitrogens with one attached hydrogen (secondary N) is 1. The molecule has 0 heterocycles. The van der Waals surface area contributed by atoms with Crippen LogP contribution in [0.25, 0.3) is 0 Å². The maximum Gasteiger partial charge on any atom is 0.254 e. The monoisotopic (exact) mass is 238 g/mol. The van der Waals surface area contributed by atoms with Gasteiger partial charge in [-0.2, -0.15) is 0 Å². The number of amides is 1. The van der Waals surface area contributed by atoms with E-state index in [1.165, 1.54) is 6.07 Å². The molecule has 4 heteroatoms. The molecule has 0 aliphatic carbocycles. The average Bonchev–Trinajstić information content (AvgIpc) is 2.29. The molecule has 0 bridgehead atoms. The Kier molecular flexibility index (Phi) is 4.63. The van der Waals surface area contributed by atoms with Gasteiger partial charge in [0.1, 0.15) is 5.82 Å². The summed E-state index contributed by atoms with van der Waals surface area (Å²) in [7, 11) is 0. The summed E-state index contributed by atoms with van der Waals surface area (Å²) in [4.78, 5) is 11.7. The van der Waals surface area contributed by atoms with Gasteiger partial charge in [-0.3, -0.25) is 4.79 Å². The summed E-state index contributed by atoms with van der Waals surface area (Å²) in [5, 5.41) is 2.64. The van der Waals surface area contributed by atoms with E-state index in [-0.39, 0.29) is 17.5 Å². The second-order valence-electron chi connectivity index (χ2n) is 4.55. The van der Waals surface area contributed by atoms with Gasteiger partial charge in [-0.25, -0.2) is 4.39 Å². The van der Waals surface area contributed by atoms with E-state index >= 15 is 0 Å². The number of carbonyl (C=O) groups is 1. The predicted molar refractivity (Wildman–Crippen MR) is 66.3 cm³/mol. The molecule has 0 aliphatic rings. The van der Waals surface area contributed by atoms with Crippen molar-refractivity contribution in [3.63, 3.8) is 0 Å². The Morgan fingerprint density at radius 3 is 2.71 bits per heavy atom. The van der Waals surface area contributed by atoms with Gasteiger partial charge in [0.15, 0.2) is 0 Å². The Labute approximate surface area is 101 Å². The Morgan fingerprint density at radius 1 is 1.47 bits per heavy atom. The van der Waals surface area contributed by atoms with Gasteiger partial charge in [0, 0.05) is 12.6 Å². The van der Waals surface area contributed by atoms with Gasteiger partial charge in [0.05, 0.1) is 5.56 Å². The lowest BCUT2D eigenvalue weighted by molar-refractivity contribution is 0.0945. The van der Waals surface area contributed by atoms with E-state index in [1.54, 1.807) is 19.1 Å². The zero-order chi connectivity index (χ0) is 13.0. The molecule has 1 aromatic carbocycles. The molecule has 1 atom stereocenters. The number of carbonyl (C=O) groups excluding carboxylic acids is 1. The number of hydrogen-bond donors (Lipinski definition) is 2. The first-order valence-corrected chi connectivity index (χ1v) is 5.72. The smallest absolute Gasteiger partial charge is 0.254 e. The number of nitrogens with two attached hydrogens (primary N) is 1. The van der Waals surface area contributed by atoms with Crippen LogP contribution in [0.2, 0.25) is 0 Å². The second-order valence-corrected chi connectivity index (χ2v) is 4.55. The Bertz CT molecular complexity index is 404. The lowest BCUT2D eigenvalue weighted by Gasteiger charge is -2.16. The lowest BCUT2D eigenvalue weighted by atomic mass is 10.1. The summed E-state index contributed by atoms with van der Waals surface area (Å²) in [6.07, 6.45) is 0. The van der Waals surface area contributed by atoms with Crippen LogP contribution in [-0.2, 0) is 0 Å². The fraction of sp³-hybridized carbons (Fsp3) is 0.462. The van der Waals surface area contributed by atoms with Gasteiger partial charge in [-0.05, 0) is 24.5 Å². The second kappa shape index (κ2) is 5.77. The minimum atomic E-state index is -0.469. The molecule has 1 rings (SSSR count). The fourth-order valence-corrected chi connectivity index (χ4v) is 1.36. The van der Waals surface area contributed by atoms with Crippen molar-refractivity contribution in [1.29, 1.82) is 0 Å². The van der Waals surface area contributed by atoms with Crippen molar-refractivity contribution in [3.05, 3.63) is 35.1 Å². The molecular formula is C13H19FN2O. The van der Waals surface area contributed by atoms with E-state index in [9.17, 15) is 9.18 Å². The Morgan fingerprint density at radius 2 is 2.12 bits per heavy atom. The molecule has 94 valence electrons. The summed E-state index contributed by atoms with van der Waals surface area (Å²) in [5.74, 6) is -0.608. The fourth-order valence-electron chi connectivity index (χ4n) is 1.36. The Balaban J connectivity index is 2.68. The van der Waals surface area contributed by atoms with Crippen LogP contribution in [0.4, 0.5) is 4.39 Å². The zero-order valence-corrected chi connectivity index (χ0v) is 10.5. The van der Waals surface area contributed by atoms with E-state index in [0.29, 0.717) is 12.1 Å². The molecule has 0 aromatic heterocycles. The van der Waals surface area contributed by atoms with E-state index in [4.69, 9.17) is 5.73 Å². The normalized spacial score (nSPS) is 12.6. The molecule has 0 fully saturated rings. The first-order chi connectivity index (χ1) is 7.93. The van der Waals surface area contributed by atoms with Crippen LogP contribution in [-0.4, -0.2) is 18.5 Å². The van der Waals surface area contributed by atoms with Crippen molar-refractivity contribution < 1.29 is 9.18 Å². The minimum absolute atomic E-state index is 0.0703. The van der Waals surface area contributed by atoms with Crippen LogP contribution in [0, 0.1) is 18.7 Å². The molecular weight excluding hydrogens is 219 g/mol. The molecule has 0 saturated heterocycles. The van der Waals surface area contributed by atoms with Gasteiger partial charge < -0.3 is 11.1 Å². The summed E-state index contributed by atoms with van der Waals surface area (Å²) in [6.45, 7) is 5.93. The number of rotatable bonds is 4. The quantitative estimate of drug-likeness (QED) is 0.841. The summed E-state index contributed by atoms with van der Waals surface area (Å²) < 4.78 is 13.6. The maximum absolute atomic E-state index is 13.6. The molecule has 0 radical (unpaired) electrons. The van der Waals surface area contributed by atoms with Crippen LogP contribution in [0.3, 0.4) is 0 Å². The molecule has 0 aliphatic heterocycles. The highest BCUT2D eigenvalue weighted by Crippen LogP contribution is 2.11. The van der Waals surface area contributed by atoms with Crippen LogP contribution in [0.5, 0.6) is 0 Å². The third-order valence-electron chi connectivity index (χ3n) is 2.79. The maximum atomic E-state index is 13.6. The van der Waals surface area contributed by atoms with Gasteiger partial charge in [0.25, 0.3) is 5.91 Å². The Hall–Kier alpha value is -1.42. The van der Waals surface area contributed by atoms with Crippen molar-refractivity contribution in [2.24, 2.45) is 11.7 Å². The number of aryl methyl sites for hydroxylation is 1. The molecule has 3 N–H and O–H groups in total. The van der Waals surface area contributed by atoms with Crippen molar-refractivity contribution >= 4 is 5.91 Å². The molecule has 1 unspecified atom stereocenters. The minimum Gasteiger partial charge on any atom is -0.350 e. The van der Waals surface area contributed by atoms with Crippen LogP contribution in [0.1, 0.15) is 29.8 Å². The third kappa shape index (κ3) is 3.53. The van der Waals surface area contributed by atoms with Gasteiger partial charge in [0.2, 0.25) is 0 Å². The predicted octanol–water partition coefficient (Wildman–Crippen LogP) is 1.85. The number of halogens is 1. The third-order valence-corrected chi connectivity index (χ3v) is 2.79. The standard InChI is InChI=1S/C13H19FN2O/c1-8(2)11(15)7-16-13(17)10-6-4-5-9(3)12(10)14/h4-6,8,11H,7,15H2,1-3H3,(H,16,17). The first-order valence-electron chi connectivity index (χ1n) is 5.72. The highest BCUT2D eigenvalue weighted by atomic mass is 19.1. The zero-order valence-electron chi connectivity index (χ0n) is 10.5. The van der Waals surface area contributed by atoms with Gasteiger partial charge in [-0.15, -0.1) is 0 Å².